The van der Waals surface area contributed by atoms with Crippen LogP contribution in [0.4, 0.5) is 5.69 Å². The molecule has 1 aromatic rings. The number of nitriles is 1. The lowest BCUT2D eigenvalue weighted by atomic mass is 10.1. The third-order valence-corrected chi connectivity index (χ3v) is 3.20. The fraction of sp³-hybridized carbons (Fsp3) is 0.417. The molecule has 4 heteroatoms. The minimum atomic E-state index is -0.309. The minimum absolute atomic E-state index is 0.309. The zero-order valence-corrected chi connectivity index (χ0v) is 10.7. The smallest absolute Gasteiger partial charge is 0.161 e. The second-order valence-corrected chi connectivity index (χ2v) is 4.78. The Morgan fingerprint density at radius 1 is 1.56 bits per heavy atom. The summed E-state index contributed by atoms with van der Waals surface area (Å²) in [6, 6.07) is 8.36. The van der Waals surface area contributed by atoms with Crippen molar-refractivity contribution in [2.45, 2.75) is 13.0 Å². The number of hydrogen-bond acceptors (Lipinski definition) is 3. The number of hydrogen-bond donors (Lipinski definition) is 0. The summed E-state index contributed by atoms with van der Waals surface area (Å²) in [5, 5.41) is 8.86. The van der Waals surface area contributed by atoms with Gasteiger partial charge in [-0.15, -0.1) is 0 Å². The standard InChI is InChI=1S/C12H13BrN2O/c1-9-6-10(13)2-3-12(9)15-4-5-16-11(7-14)8-15/h2-3,6,11H,4-5,8H2,1H3. The molecule has 0 saturated carbocycles. The van der Waals surface area contributed by atoms with Crippen LogP contribution in [0.25, 0.3) is 0 Å². The number of benzene rings is 1. The van der Waals surface area contributed by atoms with Gasteiger partial charge in [-0.2, -0.15) is 5.26 Å². The predicted octanol–water partition coefficient (Wildman–Crippen LogP) is 2.49. The van der Waals surface area contributed by atoms with Gasteiger partial charge in [-0.05, 0) is 30.7 Å². The van der Waals surface area contributed by atoms with Crippen molar-refractivity contribution in [3.8, 4) is 6.07 Å². The number of morpholine rings is 1. The second kappa shape index (κ2) is 4.86. The maximum absolute atomic E-state index is 8.86. The summed E-state index contributed by atoms with van der Waals surface area (Å²) >= 11 is 3.45. The Morgan fingerprint density at radius 2 is 2.38 bits per heavy atom. The van der Waals surface area contributed by atoms with E-state index in [1.54, 1.807) is 0 Å². The summed E-state index contributed by atoms with van der Waals surface area (Å²) < 4.78 is 6.41. The van der Waals surface area contributed by atoms with E-state index in [1.165, 1.54) is 11.3 Å². The predicted molar refractivity (Wildman–Crippen MR) is 66.4 cm³/mol. The van der Waals surface area contributed by atoms with Gasteiger partial charge in [-0.3, -0.25) is 0 Å². The van der Waals surface area contributed by atoms with Crippen LogP contribution in [-0.2, 0) is 4.74 Å². The molecule has 0 radical (unpaired) electrons. The van der Waals surface area contributed by atoms with Crippen LogP contribution in [0.5, 0.6) is 0 Å². The normalized spacial score (nSPS) is 20.6. The Balaban J connectivity index is 2.20. The van der Waals surface area contributed by atoms with Crippen LogP contribution < -0.4 is 4.90 Å². The SMILES string of the molecule is Cc1cc(Br)ccc1N1CCOC(C#N)C1. The largest absolute Gasteiger partial charge is 0.365 e. The van der Waals surface area contributed by atoms with E-state index in [2.05, 4.69) is 46.0 Å². The highest BCUT2D eigenvalue weighted by Gasteiger charge is 2.20. The van der Waals surface area contributed by atoms with Gasteiger partial charge in [0.05, 0.1) is 19.2 Å². The molecule has 1 unspecified atom stereocenters. The van der Waals surface area contributed by atoms with Crippen molar-refractivity contribution in [1.29, 1.82) is 5.26 Å². The van der Waals surface area contributed by atoms with Crippen molar-refractivity contribution < 1.29 is 4.74 Å². The number of anilines is 1. The maximum atomic E-state index is 8.86. The summed E-state index contributed by atoms with van der Waals surface area (Å²) in [4.78, 5) is 2.21. The molecule has 1 aliphatic heterocycles. The third-order valence-electron chi connectivity index (χ3n) is 2.71. The van der Waals surface area contributed by atoms with Crippen LogP contribution in [0.1, 0.15) is 5.56 Å². The zero-order chi connectivity index (χ0) is 11.5. The number of rotatable bonds is 1. The molecule has 0 N–H and O–H groups in total. The topological polar surface area (TPSA) is 36.3 Å². The molecule has 3 nitrogen and oxygen atoms in total. The first-order valence-electron chi connectivity index (χ1n) is 5.23. The van der Waals surface area contributed by atoms with E-state index in [0.29, 0.717) is 13.2 Å². The summed E-state index contributed by atoms with van der Waals surface area (Å²) in [5.74, 6) is 0. The molecule has 1 aromatic carbocycles. The zero-order valence-electron chi connectivity index (χ0n) is 9.11. The Labute approximate surface area is 104 Å². The molecule has 2 rings (SSSR count). The highest BCUT2D eigenvalue weighted by atomic mass is 79.9. The molecule has 0 bridgehead atoms. The molecular weight excluding hydrogens is 268 g/mol. The van der Waals surface area contributed by atoms with Gasteiger partial charge < -0.3 is 9.64 Å². The summed E-state index contributed by atoms with van der Waals surface area (Å²) in [6.45, 7) is 4.20. The lowest BCUT2D eigenvalue weighted by molar-refractivity contribution is 0.0764. The minimum Gasteiger partial charge on any atom is -0.365 e. The lowest BCUT2D eigenvalue weighted by Gasteiger charge is -2.32. The molecule has 1 atom stereocenters. The molecule has 1 aliphatic rings. The van der Waals surface area contributed by atoms with Crippen molar-refractivity contribution in [1.82, 2.24) is 0 Å². The molecule has 84 valence electrons. The molecular formula is C12H13BrN2O. The van der Waals surface area contributed by atoms with E-state index < -0.39 is 0 Å². The number of aryl methyl sites for hydroxylation is 1. The van der Waals surface area contributed by atoms with Gasteiger partial charge in [-0.25, -0.2) is 0 Å². The van der Waals surface area contributed by atoms with Gasteiger partial charge in [0.25, 0.3) is 0 Å². The molecule has 1 saturated heterocycles. The van der Waals surface area contributed by atoms with Crippen LogP contribution in [0.3, 0.4) is 0 Å². The highest BCUT2D eigenvalue weighted by Crippen LogP contribution is 2.25. The van der Waals surface area contributed by atoms with E-state index in [0.717, 1.165) is 11.0 Å². The first-order valence-corrected chi connectivity index (χ1v) is 6.02. The van der Waals surface area contributed by atoms with Gasteiger partial charge >= 0.3 is 0 Å². The quantitative estimate of drug-likeness (QED) is 0.793. The van der Waals surface area contributed by atoms with Crippen LogP contribution in [0.15, 0.2) is 22.7 Å². The van der Waals surface area contributed by atoms with Crippen molar-refractivity contribution in [2.75, 3.05) is 24.6 Å². The molecule has 0 amide bonds. The first kappa shape index (κ1) is 11.4. The second-order valence-electron chi connectivity index (χ2n) is 3.87. The summed E-state index contributed by atoms with van der Waals surface area (Å²) in [7, 11) is 0. The third kappa shape index (κ3) is 2.37. The molecule has 1 heterocycles. The average molecular weight is 281 g/mol. The fourth-order valence-electron chi connectivity index (χ4n) is 1.92. The van der Waals surface area contributed by atoms with E-state index in [9.17, 15) is 0 Å². The van der Waals surface area contributed by atoms with Gasteiger partial charge in [0, 0.05) is 16.7 Å². The molecule has 0 aromatic heterocycles. The van der Waals surface area contributed by atoms with Gasteiger partial charge in [0.1, 0.15) is 0 Å². The van der Waals surface area contributed by atoms with E-state index >= 15 is 0 Å². The van der Waals surface area contributed by atoms with Gasteiger partial charge in [-0.1, -0.05) is 15.9 Å². The van der Waals surface area contributed by atoms with Gasteiger partial charge in [0.15, 0.2) is 6.10 Å². The molecule has 1 fully saturated rings. The number of ether oxygens (including phenoxy) is 1. The van der Waals surface area contributed by atoms with E-state index in [1.807, 2.05) is 6.07 Å². The van der Waals surface area contributed by atoms with Crippen molar-refractivity contribution >= 4 is 21.6 Å². The van der Waals surface area contributed by atoms with Gasteiger partial charge in [0.2, 0.25) is 0 Å². The van der Waals surface area contributed by atoms with E-state index in [4.69, 9.17) is 10.00 Å². The molecule has 0 spiro atoms. The molecule has 0 aliphatic carbocycles. The van der Waals surface area contributed by atoms with Crippen LogP contribution in [0.2, 0.25) is 0 Å². The Kier molecular flexibility index (Phi) is 3.47. The fourth-order valence-corrected chi connectivity index (χ4v) is 2.40. The van der Waals surface area contributed by atoms with Crippen LogP contribution in [0, 0.1) is 18.3 Å². The number of halogens is 1. The Bertz CT molecular complexity index is 428. The van der Waals surface area contributed by atoms with Crippen molar-refractivity contribution in [3.05, 3.63) is 28.2 Å². The lowest BCUT2D eigenvalue weighted by Crippen LogP contribution is -2.42. The monoisotopic (exact) mass is 280 g/mol. The summed E-state index contributed by atoms with van der Waals surface area (Å²) in [6.07, 6.45) is -0.309. The van der Waals surface area contributed by atoms with Crippen molar-refractivity contribution in [3.63, 3.8) is 0 Å². The summed E-state index contributed by atoms with van der Waals surface area (Å²) in [5.41, 5.74) is 2.40. The van der Waals surface area contributed by atoms with Crippen LogP contribution in [-0.4, -0.2) is 25.8 Å². The van der Waals surface area contributed by atoms with Crippen LogP contribution >= 0.6 is 15.9 Å². The Hall–Kier alpha value is -1.05. The average Bonchev–Trinajstić information content (AvgIpc) is 2.29. The number of nitrogens with zero attached hydrogens (tertiary/aromatic N) is 2. The highest BCUT2D eigenvalue weighted by molar-refractivity contribution is 9.10. The van der Waals surface area contributed by atoms with E-state index in [-0.39, 0.29) is 6.10 Å². The first-order chi connectivity index (χ1) is 7.70. The van der Waals surface area contributed by atoms with Crippen molar-refractivity contribution in [2.24, 2.45) is 0 Å². The maximum Gasteiger partial charge on any atom is 0.161 e. The Morgan fingerprint density at radius 3 is 3.06 bits per heavy atom. The molecule has 16 heavy (non-hydrogen) atoms.